The third-order valence-electron chi connectivity index (χ3n) is 5.87. The molecule has 1 aliphatic heterocycles. The van der Waals surface area contributed by atoms with Gasteiger partial charge in [-0.3, -0.25) is 24.2 Å². The van der Waals surface area contributed by atoms with Crippen LogP contribution in [0.1, 0.15) is 31.9 Å². The molecule has 2 heterocycles. The Kier molecular flexibility index (Phi) is 7.07. The third kappa shape index (κ3) is 5.35. The highest BCUT2D eigenvalue weighted by atomic mass is 35.5. The first-order valence-electron chi connectivity index (χ1n) is 11.3. The smallest absolute Gasteiger partial charge is 0.273 e. The maximum atomic E-state index is 13.9. The second-order valence-corrected chi connectivity index (χ2v) is 9.53. The van der Waals surface area contributed by atoms with Crippen LogP contribution in [0.15, 0.2) is 53.5 Å². The molecule has 4 rings (SSSR count). The van der Waals surface area contributed by atoms with Gasteiger partial charge in [0.2, 0.25) is 5.91 Å². The lowest BCUT2D eigenvalue weighted by atomic mass is 10.1. The zero-order valence-electron chi connectivity index (χ0n) is 20.3. The Morgan fingerprint density at radius 2 is 1.81 bits per heavy atom. The molecule has 0 saturated carbocycles. The van der Waals surface area contributed by atoms with Crippen LogP contribution >= 0.6 is 11.6 Å². The zero-order chi connectivity index (χ0) is 27.1. The van der Waals surface area contributed by atoms with Crippen molar-refractivity contribution in [3.8, 4) is 5.75 Å². The maximum Gasteiger partial charge on any atom is 0.273 e. The van der Waals surface area contributed by atoms with Crippen molar-refractivity contribution in [1.82, 2.24) is 4.57 Å². The largest absolute Gasteiger partial charge is 0.487 e. The van der Waals surface area contributed by atoms with Crippen molar-refractivity contribution in [2.45, 2.75) is 39.5 Å². The minimum absolute atomic E-state index is 0.0383. The third-order valence-corrected chi connectivity index (χ3v) is 6.22. The van der Waals surface area contributed by atoms with Gasteiger partial charge in [0.15, 0.2) is 0 Å². The number of nitrogens with zero attached hydrogens (tertiary/aromatic N) is 3. The highest BCUT2D eigenvalue weighted by Gasteiger charge is 2.38. The number of fused-ring (bicyclic) bond motifs is 1. The Labute approximate surface area is 216 Å². The predicted octanol–water partition coefficient (Wildman–Crippen LogP) is 3.84. The Hall–Kier alpha value is -3.76. The predicted molar refractivity (Wildman–Crippen MR) is 134 cm³/mol. The number of benzene rings is 2. The van der Waals surface area contributed by atoms with Gasteiger partial charge in [0.25, 0.3) is 11.5 Å². The van der Waals surface area contributed by atoms with Crippen LogP contribution in [-0.2, 0) is 22.7 Å². The highest BCUT2D eigenvalue weighted by Crippen LogP contribution is 2.38. The van der Waals surface area contributed by atoms with E-state index in [1.54, 1.807) is 18.2 Å². The number of hydrogen-bond acceptors (Lipinski definition) is 5. The molecule has 0 fully saturated rings. The number of amides is 2. The van der Waals surface area contributed by atoms with Gasteiger partial charge in [0, 0.05) is 24.8 Å². The van der Waals surface area contributed by atoms with Gasteiger partial charge in [-0.1, -0.05) is 17.7 Å². The number of aliphatic hydroxyl groups is 1. The Balaban J connectivity index is 1.58. The SMILES string of the molecule is CC(=O)N1CN(C(=O)C(C)(C)O)c2cc(Cn3ccc(OCc4ccc(F)cc4F)c(Cl)c3=O)ccc21. The average molecular weight is 532 g/mol. The molecule has 1 aliphatic rings. The fourth-order valence-electron chi connectivity index (χ4n) is 3.94. The molecule has 0 atom stereocenters. The van der Waals surface area contributed by atoms with Crippen molar-refractivity contribution in [2.75, 3.05) is 16.5 Å². The average Bonchev–Trinajstić information content (AvgIpc) is 3.20. The maximum absolute atomic E-state index is 13.9. The first-order chi connectivity index (χ1) is 17.4. The van der Waals surface area contributed by atoms with Crippen molar-refractivity contribution in [2.24, 2.45) is 0 Å². The van der Waals surface area contributed by atoms with E-state index in [0.717, 1.165) is 12.1 Å². The summed E-state index contributed by atoms with van der Waals surface area (Å²) in [7, 11) is 0. The lowest BCUT2D eigenvalue weighted by Gasteiger charge is -2.25. The lowest BCUT2D eigenvalue weighted by Crippen LogP contribution is -2.47. The summed E-state index contributed by atoms with van der Waals surface area (Å²) in [5.74, 6) is -2.29. The van der Waals surface area contributed by atoms with Crippen LogP contribution in [0.5, 0.6) is 5.75 Å². The number of aromatic nitrogens is 1. The molecule has 0 saturated heterocycles. The normalized spacial score (nSPS) is 13.1. The summed E-state index contributed by atoms with van der Waals surface area (Å²) in [4.78, 5) is 40.5. The highest BCUT2D eigenvalue weighted by molar-refractivity contribution is 6.31. The summed E-state index contributed by atoms with van der Waals surface area (Å²) >= 11 is 6.22. The van der Waals surface area contributed by atoms with E-state index in [9.17, 15) is 28.3 Å². The van der Waals surface area contributed by atoms with Crippen molar-refractivity contribution < 1.29 is 28.2 Å². The Bertz CT molecular complexity index is 1450. The van der Waals surface area contributed by atoms with Crippen LogP contribution in [0, 0.1) is 11.6 Å². The molecule has 194 valence electrons. The molecule has 0 unspecified atom stereocenters. The van der Waals surface area contributed by atoms with E-state index < -0.39 is 28.7 Å². The molecular formula is C26H24ClF2N3O5. The lowest BCUT2D eigenvalue weighted by molar-refractivity contribution is -0.133. The van der Waals surface area contributed by atoms with Crippen molar-refractivity contribution >= 4 is 34.8 Å². The minimum atomic E-state index is -1.66. The second-order valence-electron chi connectivity index (χ2n) is 9.16. The fourth-order valence-corrected chi connectivity index (χ4v) is 4.16. The van der Waals surface area contributed by atoms with E-state index in [1.807, 2.05) is 0 Å². The Morgan fingerprint density at radius 3 is 2.46 bits per heavy atom. The monoisotopic (exact) mass is 531 g/mol. The molecule has 2 amide bonds. The van der Waals surface area contributed by atoms with E-state index in [2.05, 4.69) is 0 Å². The molecule has 11 heteroatoms. The van der Waals surface area contributed by atoms with Gasteiger partial charge in [-0.15, -0.1) is 0 Å². The number of rotatable bonds is 6. The van der Waals surface area contributed by atoms with Gasteiger partial charge in [-0.2, -0.15) is 0 Å². The van der Waals surface area contributed by atoms with Gasteiger partial charge in [-0.05, 0) is 49.7 Å². The summed E-state index contributed by atoms with van der Waals surface area (Å²) in [6, 6.07) is 9.60. The molecule has 0 spiro atoms. The van der Waals surface area contributed by atoms with Gasteiger partial charge in [0.05, 0.1) is 17.9 Å². The fraction of sp³-hybridized carbons (Fsp3) is 0.269. The van der Waals surface area contributed by atoms with Gasteiger partial charge >= 0.3 is 0 Å². The van der Waals surface area contributed by atoms with Crippen LogP contribution < -0.4 is 20.1 Å². The van der Waals surface area contributed by atoms with Crippen molar-refractivity contribution in [1.29, 1.82) is 0 Å². The quantitative estimate of drug-likeness (QED) is 0.522. The van der Waals surface area contributed by atoms with E-state index in [-0.39, 0.29) is 42.1 Å². The van der Waals surface area contributed by atoms with Gasteiger partial charge in [0.1, 0.15) is 41.3 Å². The number of carbonyl (C=O) groups is 2. The number of hydrogen-bond donors (Lipinski definition) is 1. The minimum Gasteiger partial charge on any atom is -0.487 e. The van der Waals surface area contributed by atoms with Crippen molar-refractivity contribution in [3.63, 3.8) is 0 Å². The number of ether oxygens (including phenoxy) is 1. The number of pyridine rings is 1. The van der Waals surface area contributed by atoms with Crippen LogP contribution in [0.2, 0.25) is 5.02 Å². The number of halogens is 3. The molecule has 0 bridgehead atoms. The molecule has 37 heavy (non-hydrogen) atoms. The summed E-state index contributed by atoms with van der Waals surface area (Å²) in [6.07, 6.45) is 1.46. The topological polar surface area (TPSA) is 92.1 Å². The summed E-state index contributed by atoms with van der Waals surface area (Å²) in [5.41, 5.74) is -0.537. The second kappa shape index (κ2) is 9.95. The van der Waals surface area contributed by atoms with Gasteiger partial charge in [-0.25, -0.2) is 8.78 Å². The van der Waals surface area contributed by atoms with Crippen molar-refractivity contribution in [3.05, 3.63) is 86.8 Å². The molecule has 1 aromatic heterocycles. The molecule has 3 aromatic rings. The standard InChI is InChI=1S/C26H24ClF2N3O5/c1-15(33)31-14-32(25(35)26(2,3)36)21-10-16(4-7-20(21)31)12-30-9-8-22(23(27)24(30)34)37-13-17-5-6-18(28)11-19(17)29/h4-11,36H,12-14H2,1-3H3. The van der Waals surface area contributed by atoms with Crippen LogP contribution in [0.4, 0.5) is 20.2 Å². The van der Waals surface area contributed by atoms with Gasteiger partial charge < -0.3 is 14.4 Å². The summed E-state index contributed by atoms with van der Waals surface area (Å²) in [5, 5.41) is 10.0. The molecule has 0 aliphatic carbocycles. The van der Waals surface area contributed by atoms with E-state index in [4.69, 9.17) is 16.3 Å². The number of carbonyl (C=O) groups excluding carboxylic acids is 2. The Morgan fingerprint density at radius 1 is 1.08 bits per heavy atom. The molecule has 1 N–H and O–H groups in total. The van der Waals surface area contributed by atoms with Crippen LogP contribution in [0.25, 0.3) is 0 Å². The van der Waals surface area contributed by atoms with Crippen LogP contribution in [-0.4, -0.2) is 33.8 Å². The zero-order valence-corrected chi connectivity index (χ0v) is 21.1. The summed E-state index contributed by atoms with van der Waals surface area (Å²) in [6.45, 7) is 3.91. The molecule has 2 aromatic carbocycles. The number of anilines is 2. The van der Waals surface area contributed by atoms with E-state index in [1.165, 1.54) is 53.5 Å². The molecule has 0 radical (unpaired) electrons. The summed E-state index contributed by atoms with van der Waals surface area (Å²) < 4.78 is 33.8. The molecular weight excluding hydrogens is 508 g/mol. The van der Waals surface area contributed by atoms with E-state index in [0.29, 0.717) is 16.9 Å². The van der Waals surface area contributed by atoms with E-state index >= 15 is 0 Å². The first-order valence-corrected chi connectivity index (χ1v) is 11.7. The van der Waals surface area contributed by atoms with Crippen LogP contribution in [0.3, 0.4) is 0 Å². The first kappa shape index (κ1) is 26.3. The molecule has 8 nitrogen and oxygen atoms in total.